The first-order chi connectivity index (χ1) is 16.2. The number of methoxy groups -OCH3 is 1. The zero-order chi connectivity index (χ0) is 24.5. The Morgan fingerprint density at radius 1 is 1.00 bits per heavy atom. The number of halogens is 3. The van der Waals surface area contributed by atoms with Gasteiger partial charge in [-0.2, -0.15) is 13.2 Å². The third-order valence-electron chi connectivity index (χ3n) is 5.64. The van der Waals surface area contributed by atoms with Gasteiger partial charge in [-0.3, -0.25) is 9.59 Å². The number of hydrogen-bond donors (Lipinski definition) is 1. The summed E-state index contributed by atoms with van der Waals surface area (Å²) < 4.78 is 51.1. The normalized spacial score (nSPS) is 15.9. The molecule has 1 saturated heterocycles. The molecular weight excluding hydrogens is 449 g/mol. The van der Waals surface area contributed by atoms with Gasteiger partial charge in [-0.15, -0.1) is 0 Å². The quantitative estimate of drug-likeness (QED) is 0.542. The fourth-order valence-corrected chi connectivity index (χ4v) is 3.94. The van der Waals surface area contributed by atoms with Gasteiger partial charge in [0, 0.05) is 30.1 Å². The summed E-state index contributed by atoms with van der Waals surface area (Å²) in [5.41, 5.74) is 5.99. The van der Waals surface area contributed by atoms with Gasteiger partial charge in [0.05, 0.1) is 12.7 Å². The Morgan fingerprint density at radius 2 is 1.76 bits per heavy atom. The van der Waals surface area contributed by atoms with Crippen molar-refractivity contribution in [2.75, 3.05) is 18.6 Å². The fourth-order valence-electron chi connectivity index (χ4n) is 3.94. The van der Waals surface area contributed by atoms with Gasteiger partial charge in [-0.1, -0.05) is 24.3 Å². The molecule has 0 bridgehead atoms. The Kier molecular flexibility index (Phi) is 6.19. The maximum absolute atomic E-state index is 13.4. The Morgan fingerprint density at radius 3 is 2.47 bits per heavy atom. The van der Waals surface area contributed by atoms with E-state index in [1.165, 1.54) is 25.3 Å². The van der Waals surface area contributed by atoms with Crippen LogP contribution in [0.5, 0.6) is 17.2 Å². The molecule has 6 nitrogen and oxygen atoms in total. The number of benzene rings is 3. The van der Waals surface area contributed by atoms with Gasteiger partial charge in [0.25, 0.3) is 0 Å². The van der Waals surface area contributed by atoms with E-state index in [0.29, 0.717) is 17.8 Å². The molecule has 176 valence electrons. The van der Waals surface area contributed by atoms with Crippen LogP contribution in [0.25, 0.3) is 0 Å². The summed E-state index contributed by atoms with van der Waals surface area (Å²) in [5, 5.41) is 0. The molecule has 0 aliphatic carbocycles. The molecule has 0 aromatic heterocycles. The summed E-state index contributed by atoms with van der Waals surface area (Å²) in [6.07, 6.45) is -4.40. The van der Waals surface area contributed by atoms with Crippen LogP contribution in [-0.2, 0) is 11.0 Å². The predicted octanol–water partition coefficient (Wildman–Crippen LogP) is 5.13. The molecule has 1 fully saturated rings. The van der Waals surface area contributed by atoms with Gasteiger partial charge >= 0.3 is 6.18 Å². The summed E-state index contributed by atoms with van der Waals surface area (Å²) >= 11 is 0. The summed E-state index contributed by atoms with van der Waals surface area (Å²) in [5.74, 6) is -0.962. The number of hydrogen-bond acceptors (Lipinski definition) is 4. The molecule has 9 heteroatoms. The lowest BCUT2D eigenvalue weighted by Gasteiger charge is -2.19. The van der Waals surface area contributed by atoms with E-state index in [2.05, 4.69) is 0 Å². The van der Waals surface area contributed by atoms with E-state index in [4.69, 9.17) is 15.2 Å². The first-order valence-electron chi connectivity index (χ1n) is 10.4. The Balaban J connectivity index is 1.62. The number of carbonyl (C=O) groups is 2. The highest BCUT2D eigenvalue weighted by molar-refractivity contribution is 5.99. The van der Waals surface area contributed by atoms with Crippen molar-refractivity contribution < 1.29 is 32.2 Å². The first kappa shape index (κ1) is 23.2. The molecule has 1 aliphatic rings. The van der Waals surface area contributed by atoms with Crippen molar-refractivity contribution >= 4 is 17.5 Å². The van der Waals surface area contributed by atoms with Crippen LogP contribution in [0.15, 0.2) is 66.7 Å². The highest BCUT2D eigenvalue weighted by atomic mass is 19.4. The minimum atomic E-state index is -4.58. The van der Waals surface area contributed by atoms with Crippen LogP contribution in [0.2, 0.25) is 0 Å². The Labute approximate surface area is 193 Å². The molecule has 2 amide bonds. The highest BCUT2D eigenvalue weighted by Gasteiger charge is 2.35. The molecule has 1 unspecified atom stereocenters. The van der Waals surface area contributed by atoms with Gasteiger partial charge < -0.3 is 20.1 Å². The number of nitrogens with two attached hydrogens (primary N) is 1. The van der Waals surface area contributed by atoms with Crippen molar-refractivity contribution in [3.05, 3.63) is 83.4 Å². The molecule has 0 saturated carbocycles. The Hall–Kier alpha value is -4.01. The van der Waals surface area contributed by atoms with Crippen LogP contribution in [0, 0.1) is 0 Å². The van der Waals surface area contributed by atoms with Gasteiger partial charge in [-0.05, 0) is 48.0 Å². The van der Waals surface area contributed by atoms with E-state index in [1.54, 1.807) is 47.4 Å². The molecule has 3 aromatic carbocycles. The van der Waals surface area contributed by atoms with Crippen molar-refractivity contribution in [2.45, 2.75) is 18.5 Å². The van der Waals surface area contributed by atoms with E-state index in [-0.39, 0.29) is 41.1 Å². The summed E-state index contributed by atoms with van der Waals surface area (Å²) in [6, 6.07) is 16.3. The highest BCUT2D eigenvalue weighted by Crippen LogP contribution is 2.42. The molecule has 1 atom stereocenters. The minimum Gasteiger partial charge on any atom is -0.493 e. The molecule has 0 spiro atoms. The second kappa shape index (κ2) is 9.09. The number of para-hydroxylation sites is 1. The van der Waals surface area contributed by atoms with Crippen LogP contribution in [0.3, 0.4) is 0 Å². The maximum Gasteiger partial charge on any atom is 0.419 e. The van der Waals surface area contributed by atoms with E-state index in [9.17, 15) is 22.8 Å². The van der Waals surface area contributed by atoms with Gasteiger partial charge in [0.2, 0.25) is 11.8 Å². The number of rotatable bonds is 6. The van der Waals surface area contributed by atoms with Crippen molar-refractivity contribution in [3.63, 3.8) is 0 Å². The predicted molar refractivity (Wildman–Crippen MR) is 119 cm³/mol. The molecule has 3 aromatic rings. The largest absolute Gasteiger partial charge is 0.493 e. The van der Waals surface area contributed by atoms with Crippen LogP contribution in [-0.4, -0.2) is 25.5 Å². The second-order valence-corrected chi connectivity index (χ2v) is 7.83. The average Bonchev–Trinajstić information content (AvgIpc) is 3.20. The molecule has 0 radical (unpaired) electrons. The van der Waals surface area contributed by atoms with Crippen LogP contribution < -0.4 is 20.1 Å². The standard InChI is InChI=1S/C25H21F3N2O4/c1-33-21-10-9-15(12-22(21)34-20-8-3-2-7-19(20)25(26,27)28)17-13-23(31)30(14-17)18-6-4-5-16(11-18)24(29)32/h2-12,17H,13-14H2,1H3,(H2,29,32). The van der Waals surface area contributed by atoms with Crippen LogP contribution in [0.1, 0.15) is 33.8 Å². The van der Waals surface area contributed by atoms with Crippen LogP contribution >= 0.6 is 0 Å². The lowest BCUT2D eigenvalue weighted by molar-refractivity contribution is -0.138. The number of carbonyl (C=O) groups excluding carboxylic acids is 2. The molecule has 4 rings (SSSR count). The van der Waals surface area contributed by atoms with Crippen molar-refractivity contribution in [1.82, 2.24) is 0 Å². The van der Waals surface area contributed by atoms with E-state index < -0.39 is 17.6 Å². The van der Waals surface area contributed by atoms with Crippen molar-refractivity contribution in [2.24, 2.45) is 5.73 Å². The average molecular weight is 470 g/mol. The summed E-state index contributed by atoms with van der Waals surface area (Å²) in [6.45, 7) is 0.325. The number of primary amides is 1. The number of anilines is 1. The smallest absolute Gasteiger partial charge is 0.419 e. The van der Waals surface area contributed by atoms with E-state index in [0.717, 1.165) is 6.07 Å². The lowest BCUT2D eigenvalue weighted by Crippen LogP contribution is -2.24. The second-order valence-electron chi connectivity index (χ2n) is 7.83. The van der Waals surface area contributed by atoms with E-state index >= 15 is 0 Å². The SMILES string of the molecule is COc1ccc(C2CC(=O)N(c3cccc(C(N)=O)c3)C2)cc1Oc1ccccc1C(F)(F)F. The molecule has 2 N–H and O–H groups in total. The van der Waals surface area contributed by atoms with Crippen molar-refractivity contribution in [1.29, 1.82) is 0 Å². The summed E-state index contributed by atoms with van der Waals surface area (Å²) in [4.78, 5) is 25.8. The fraction of sp³-hybridized carbons (Fsp3) is 0.200. The monoisotopic (exact) mass is 470 g/mol. The molecular formula is C25H21F3N2O4. The first-order valence-corrected chi connectivity index (χ1v) is 10.4. The van der Waals surface area contributed by atoms with Gasteiger partial charge in [0.1, 0.15) is 5.75 Å². The number of nitrogens with zero attached hydrogens (tertiary/aromatic N) is 1. The minimum absolute atomic E-state index is 0.110. The van der Waals surface area contributed by atoms with Gasteiger partial charge in [0.15, 0.2) is 11.5 Å². The third-order valence-corrected chi connectivity index (χ3v) is 5.64. The zero-order valence-electron chi connectivity index (χ0n) is 18.1. The zero-order valence-corrected chi connectivity index (χ0v) is 18.1. The van der Waals surface area contributed by atoms with E-state index in [1.807, 2.05) is 0 Å². The van der Waals surface area contributed by atoms with Crippen molar-refractivity contribution in [3.8, 4) is 17.2 Å². The van der Waals surface area contributed by atoms with Gasteiger partial charge in [-0.25, -0.2) is 0 Å². The lowest BCUT2D eigenvalue weighted by atomic mass is 9.98. The molecule has 1 aliphatic heterocycles. The Bertz CT molecular complexity index is 1240. The third kappa shape index (κ3) is 4.68. The number of amides is 2. The molecule has 1 heterocycles. The topological polar surface area (TPSA) is 81.9 Å². The maximum atomic E-state index is 13.4. The van der Waals surface area contributed by atoms with Crippen LogP contribution in [0.4, 0.5) is 18.9 Å². The summed E-state index contributed by atoms with van der Waals surface area (Å²) in [7, 11) is 1.39. The molecule has 34 heavy (non-hydrogen) atoms. The number of alkyl halides is 3. The number of ether oxygens (including phenoxy) is 2.